The molecule has 0 bridgehead atoms. The molecule has 5 nitrogen and oxygen atoms in total. The molecule has 0 spiro atoms. The standard InChI is InChI=1S/C21H22ClFN2O3S2/c22-16-8-7-14(13-19(16)30(27,28)25-10-2-1-3-11-25)21(26)24-18-9-12-29-20-15(18)5-4-6-17(20)23/h4-8,13,18H,1-3,9-12H2,(H,24,26). The molecule has 2 aliphatic heterocycles. The Hall–Kier alpha value is -1.61. The predicted molar refractivity (Wildman–Crippen MR) is 116 cm³/mol. The van der Waals surface area contributed by atoms with E-state index in [4.69, 9.17) is 11.6 Å². The molecule has 1 atom stereocenters. The van der Waals surface area contributed by atoms with E-state index in [2.05, 4.69) is 5.32 Å². The number of halogens is 2. The fourth-order valence-corrected chi connectivity index (χ4v) is 7.02. The first-order chi connectivity index (χ1) is 14.4. The number of carbonyl (C=O) groups excluding carboxylic acids is 1. The number of nitrogens with zero attached hydrogens (tertiary/aromatic N) is 1. The normalized spacial score (nSPS) is 19.9. The van der Waals surface area contributed by atoms with E-state index < -0.39 is 15.9 Å². The van der Waals surface area contributed by atoms with Gasteiger partial charge in [-0.1, -0.05) is 30.2 Å². The van der Waals surface area contributed by atoms with Crippen LogP contribution in [0.15, 0.2) is 46.2 Å². The lowest BCUT2D eigenvalue weighted by Crippen LogP contribution is -2.36. The maximum atomic E-state index is 14.1. The Labute approximate surface area is 185 Å². The number of piperidine rings is 1. The summed E-state index contributed by atoms with van der Waals surface area (Å²) in [5.74, 6) is -0.0135. The van der Waals surface area contributed by atoms with Gasteiger partial charge in [-0.25, -0.2) is 12.8 Å². The number of hydrogen-bond acceptors (Lipinski definition) is 4. The molecule has 2 aromatic rings. The average Bonchev–Trinajstić information content (AvgIpc) is 2.75. The van der Waals surface area contributed by atoms with Crippen molar-refractivity contribution in [3.8, 4) is 0 Å². The lowest BCUT2D eigenvalue weighted by molar-refractivity contribution is 0.0934. The number of fused-ring (bicyclic) bond motifs is 1. The van der Waals surface area contributed by atoms with Gasteiger partial charge in [0.2, 0.25) is 10.0 Å². The second-order valence-electron chi connectivity index (χ2n) is 7.43. The number of rotatable bonds is 4. The molecule has 2 heterocycles. The molecule has 1 saturated heterocycles. The van der Waals surface area contributed by atoms with Gasteiger partial charge in [0.1, 0.15) is 10.7 Å². The fourth-order valence-electron chi connectivity index (χ4n) is 3.86. The molecule has 9 heteroatoms. The number of thioether (sulfide) groups is 1. The maximum Gasteiger partial charge on any atom is 0.251 e. The van der Waals surface area contributed by atoms with Gasteiger partial charge in [-0.3, -0.25) is 4.79 Å². The van der Waals surface area contributed by atoms with Gasteiger partial charge in [0, 0.05) is 29.3 Å². The van der Waals surface area contributed by atoms with E-state index >= 15 is 0 Å². The topological polar surface area (TPSA) is 66.5 Å². The van der Waals surface area contributed by atoms with E-state index in [0.29, 0.717) is 30.2 Å². The van der Waals surface area contributed by atoms with Crippen LogP contribution < -0.4 is 5.32 Å². The van der Waals surface area contributed by atoms with Gasteiger partial charge in [-0.05, 0) is 49.1 Å². The van der Waals surface area contributed by atoms with Crippen LogP contribution in [0.2, 0.25) is 5.02 Å². The van der Waals surface area contributed by atoms with Gasteiger partial charge in [0.25, 0.3) is 5.91 Å². The number of hydrogen-bond donors (Lipinski definition) is 1. The van der Waals surface area contributed by atoms with E-state index in [0.717, 1.165) is 24.8 Å². The minimum Gasteiger partial charge on any atom is -0.345 e. The van der Waals surface area contributed by atoms with Crippen molar-refractivity contribution in [1.29, 1.82) is 0 Å². The third-order valence-corrected chi connectivity index (χ3v) is 9.00. The van der Waals surface area contributed by atoms with Crippen molar-refractivity contribution < 1.29 is 17.6 Å². The number of amides is 1. The van der Waals surface area contributed by atoms with Crippen molar-refractivity contribution in [2.24, 2.45) is 0 Å². The quantitative estimate of drug-likeness (QED) is 0.711. The molecule has 1 unspecified atom stereocenters. The highest BCUT2D eigenvalue weighted by Gasteiger charge is 2.30. The zero-order chi connectivity index (χ0) is 21.3. The number of benzene rings is 2. The highest BCUT2D eigenvalue weighted by Crippen LogP contribution is 2.38. The molecule has 1 amide bonds. The summed E-state index contributed by atoms with van der Waals surface area (Å²) in [6, 6.07) is 8.81. The molecule has 4 rings (SSSR count). The van der Waals surface area contributed by atoms with E-state index in [1.807, 2.05) is 6.07 Å². The summed E-state index contributed by atoms with van der Waals surface area (Å²) in [5.41, 5.74) is 0.959. The summed E-state index contributed by atoms with van der Waals surface area (Å²) in [5, 5.41) is 3.02. The summed E-state index contributed by atoms with van der Waals surface area (Å²) in [7, 11) is -3.77. The Bertz CT molecular complexity index is 1070. The third kappa shape index (κ3) is 4.23. The molecular weight excluding hydrogens is 447 g/mol. The maximum absolute atomic E-state index is 14.1. The predicted octanol–water partition coefficient (Wildman–Crippen LogP) is 4.62. The monoisotopic (exact) mass is 468 g/mol. The largest absolute Gasteiger partial charge is 0.345 e. The van der Waals surface area contributed by atoms with Gasteiger partial charge >= 0.3 is 0 Å². The Balaban J connectivity index is 1.59. The van der Waals surface area contributed by atoms with Gasteiger partial charge in [0.05, 0.1) is 11.1 Å². The molecule has 1 fully saturated rings. The Kier molecular flexibility index (Phi) is 6.39. The van der Waals surface area contributed by atoms with Crippen LogP contribution in [0.4, 0.5) is 4.39 Å². The Morgan fingerprint density at radius 3 is 2.70 bits per heavy atom. The van der Waals surface area contributed by atoms with E-state index in [-0.39, 0.29) is 27.3 Å². The zero-order valence-electron chi connectivity index (χ0n) is 16.2. The van der Waals surface area contributed by atoms with Crippen molar-refractivity contribution in [2.75, 3.05) is 18.8 Å². The summed E-state index contributed by atoms with van der Waals surface area (Å²) in [6.45, 7) is 0.911. The Morgan fingerprint density at radius 1 is 1.17 bits per heavy atom. The highest BCUT2D eigenvalue weighted by molar-refractivity contribution is 7.99. The molecular formula is C21H22ClFN2O3S2. The first-order valence-electron chi connectivity index (χ1n) is 9.90. The number of nitrogens with one attached hydrogen (secondary N) is 1. The fraction of sp³-hybridized carbons (Fsp3) is 0.381. The SMILES string of the molecule is O=C(NC1CCSc2c(F)cccc21)c1ccc(Cl)c(S(=O)(=O)N2CCCCC2)c1. The summed E-state index contributed by atoms with van der Waals surface area (Å²) in [4.78, 5) is 13.4. The number of sulfonamides is 1. The van der Waals surface area contributed by atoms with E-state index in [1.165, 1.54) is 40.3 Å². The van der Waals surface area contributed by atoms with Crippen LogP contribution in [0.5, 0.6) is 0 Å². The van der Waals surface area contributed by atoms with Crippen LogP contribution in [0.25, 0.3) is 0 Å². The molecule has 2 aliphatic rings. The number of carbonyl (C=O) groups is 1. The summed E-state index contributed by atoms with van der Waals surface area (Å²) in [6.07, 6.45) is 3.29. The van der Waals surface area contributed by atoms with Crippen molar-refractivity contribution in [1.82, 2.24) is 9.62 Å². The van der Waals surface area contributed by atoms with Crippen LogP contribution in [0.3, 0.4) is 0 Å². The minimum absolute atomic E-state index is 0.0515. The van der Waals surface area contributed by atoms with Crippen molar-refractivity contribution in [3.63, 3.8) is 0 Å². The van der Waals surface area contributed by atoms with Crippen molar-refractivity contribution in [2.45, 2.75) is 41.5 Å². The van der Waals surface area contributed by atoms with Gasteiger partial charge in [0.15, 0.2) is 0 Å². The molecule has 0 radical (unpaired) electrons. The molecule has 0 aliphatic carbocycles. The highest BCUT2D eigenvalue weighted by atomic mass is 35.5. The first-order valence-corrected chi connectivity index (χ1v) is 12.7. The molecule has 0 saturated carbocycles. The zero-order valence-corrected chi connectivity index (χ0v) is 18.6. The third-order valence-electron chi connectivity index (χ3n) is 5.46. The van der Waals surface area contributed by atoms with Crippen LogP contribution >= 0.6 is 23.4 Å². The smallest absolute Gasteiger partial charge is 0.251 e. The molecule has 0 aromatic heterocycles. The summed E-state index contributed by atoms with van der Waals surface area (Å²) >= 11 is 7.64. The second-order valence-corrected chi connectivity index (χ2v) is 10.9. The van der Waals surface area contributed by atoms with Crippen LogP contribution in [-0.4, -0.2) is 37.5 Å². The first kappa shape index (κ1) is 21.6. The van der Waals surface area contributed by atoms with Gasteiger partial charge in [-0.2, -0.15) is 4.31 Å². The van der Waals surface area contributed by atoms with E-state index in [1.54, 1.807) is 6.07 Å². The molecule has 30 heavy (non-hydrogen) atoms. The van der Waals surface area contributed by atoms with Crippen LogP contribution in [0.1, 0.15) is 47.6 Å². The van der Waals surface area contributed by atoms with E-state index in [9.17, 15) is 17.6 Å². The minimum atomic E-state index is -3.77. The average molecular weight is 469 g/mol. The van der Waals surface area contributed by atoms with Crippen LogP contribution in [0, 0.1) is 5.82 Å². The van der Waals surface area contributed by atoms with Crippen molar-refractivity contribution >= 4 is 39.3 Å². The lowest BCUT2D eigenvalue weighted by Gasteiger charge is -2.27. The van der Waals surface area contributed by atoms with Gasteiger partial charge < -0.3 is 5.32 Å². The van der Waals surface area contributed by atoms with Gasteiger partial charge in [-0.15, -0.1) is 11.8 Å². The summed E-state index contributed by atoms with van der Waals surface area (Å²) < 4.78 is 41.6. The van der Waals surface area contributed by atoms with Crippen LogP contribution in [-0.2, 0) is 10.0 Å². The molecule has 2 aromatic carbocycles. The Morgan fingerprint density at radius 2 is 1.93 bits per heavy atom. The molecule has 1 N–H and O–H groups in total. The lowest BCUT2D eigenvalue weighted by atomic mass is 10.0. The van der Waals surface area contributed by atoms with Crippen molar-refractivity contribution in [3.05, 3.63) is 58.4 Å². The molecule has 160 valence electrons. The second kappa shape index (κ2) is 8.86.